The average molecular weight is 596 g/mol. The van der Waals surface area contributed by atoms with Crippen molar-refractivity contribution in [3.05, 3.63) is 69.4 Å². The summed E-state index contributed by atoms with van der Waals surface area (Å²) in [5.41, 5.74) is -2.17. The Morgan fingerprint density at radius 2 is 1.85 bits per heavy atom. The maximum atomic E-state index is 13.8. The van der Waals surface area contributed by atoms with Gasteiger partial charge in [0, 0.05) is 21.4 Å². The second-order valence-corrected chi connectivity index (χ2v) is 10.3. The van der Waals surface area contributed by atoms with E-state index in [0.29, 0.717) is 13.6 Å². The molecular weight excluding hydrogens is 575 g/mol. The van der Waals surface area contributed by atoms with Crippen LogP contribution in [0, 0.1) is 3.57 Å². The number of nitrogens with zero attached hydrogens (tertiary/aromatic N) is 2. The van der Waals surface area contributed by atoms with Crippen LogP contribution in [0.3, 0.4) is 0 Å². The van der Waals surface area contributed by atoms with Crippen LogP contribution in [-0.4, -0.2) is 45.2 Å². The Morgan fingerprint density at radius 3 is 2.53 bits per heavy atom. The first-order valence-corrected chi connectivity index (χ1v) is 12.6. The van der Waals surface area contributed by atoms with Crippen LogP contribution in [0.25, 0.3) is 0 Å². The zero-order valence-corrected chi connectivity index (χ0v) is 21.5. The zero-order valence-electron chi connectivity index (χ0n) is 18.5. The number of pyridine rings is 1. The monoisotopic (exact) mass is 596 g/mol. The lowest BCUT2D eigenvalue weighted by atomic mass is 9.88. The van der Waals surface area contributed by atoms with Crippen molar-refractivity contribution in [2.45, 2.75) is 17.4 Å². The number of anilines is 1. The maximum absolute atomic E-state index is 13.8. The number of hydrogen-bond acceptors (Lipinski definition) is 8. The SMILES string of the molecule is CCOc1ncccc1C1(O)C(=O)N(S(=O)(=O)c2ccc(OC)cc2OC)c2ccc(I)cc21. The van der Waals surface area contributed by atoms with Crippen molar-refractivity contribution in [2.24, 2.45) is 0 Å². The van der Waals surface area contributed by atoms with Gasteiger partial charge in [-0.25, -0.2) is 13.4 Å². The molecule has 2 aromatic carbocycles. The molecule has 1 N–H and O–H groups in total. The molecule has 1 amide bonds. The third kappa shape index (κ3) is 3.67. The molecule has 9 nitrogen and oxygen atoms in total. The van der Waals surface area contributed by atoms with Crippen molar-refractivity contribution in [3.63, 3.8) is 0 Å². The molecule has 0 saturated heterocycles. The molecule has 1 aliphatic heterocycles. The minimum absolute atomic E-state index is 0.00830. The van der Waals surface area contributed by atoms with Gasteiger partial charge in [-0.2, -0.15) is 4.31 Å². The third-order valence-electron chi connectivity index (χ3n) is 5.39. The molecule has 0 bridgehead atoms. The highest BCUT2D eigenvalue weighted by molar-refractivity contribution is 14.1. The molecule has 1 aromatic heterocycles. The number of rotatable bonds is 7. The summed E-state index contributed by atoms with van der Waals surface area (Å²) in [6.45, 7) is 1.97. The van der Waals surface area contributed by atoms with Crippen LogP contribution in [0.15, 0.2) is 59.6 Å². The Morgan fingerprint density at radius 1 is 1.09 bits per heavy atom. The van der Waals surface area contributed by atoms with Crippen LogP contribution in [0.2, 0.25) is 0 Å². The molecule has 34 heavy (non-hydrogen) atoms. The van der Waals surface area contributed by atoms with Crippen molar-refractivity contribution in [1.29, 1.82) is 0 Å². The van der Waals surface area contributed by atoms with Gasteiger partial charge in [0.1, 0.15) is 16.4 Å². The number of hydrogen-bond donors (Lipinski definition) is 1. The van der Waals surface area contributed by atoms with E-state index in [2.05, 4.69) is 4.98 Å². The van der Waals surface area contributed by atoms with Gasteiger partial charge in [0.05, 0.1) is 32.1 Å². The van der Waals surface area contributed by atoms with Crippen LogP contribution in [0.5, 0.6) is 17.4 Å². The zero-order chi connectivity index (χ0) is 24.7. The summed E-state index contributed by atoms with van der Waals surface area (Å²) in [7, 11) is -1.75. The van der Waals surface area contributed by atoms with E-state index in [1.807, 2.05) is 22.6 Å². The van der Waals surface area contributed by atoms with Gasteiger partial charge >= 0.3 is 0 Å². The van der Waals surface area contributed by atoms with E-state index in [0.717, 1.165) is 0 Å². The number of halogens is 1. The highest BCUT2D eigenvalue weighted by Crippen LogP contribution is 2.49. The molecule has 2 heterocycles. The van der Waals surface area contributed by atoms with Crippen molar-refractivity contribution < 1.29 is 32.5 Å². The Hall–Kier alpha value is -2.90. The van der Waals surface area contributed by atoms with Gasteiger partial charge in [-0.3, -0.25) is 4.79 Å². The summed E-state index contributed by atoms with van der Waals surface area (Å²) in [6, 6.07) is 11.9. The number of carbonyl (C=O) groups is 1. The smallest absolute Gasteiger partial charge is 0.282 e. The predicted molar refractivity (Wildman–Crippen MR) is 132 cm³/mol. The first-order valence-electron chi connectivity index (χ1n) is 10.1. The fourth-order valence-electron chi connectivity index (χ4n) is 3.85. The average Bonchev–Trinajstić information content (AvgIpc) is 3.06. The van der Waals surface area contributed by atoms with E-state index in [9.17, 15) is 18.3 Å². The van der Waals surface area contributed by atoms with E-state index in [1.165, 1.54) is 50.7 Å². The maximum Gasteiger partial charge on any atom is 0.282 e. The lowest BCUT2D eigenvalue weighted by Gasteiger charge is -2.25. The molecule has 0 radical (unpaired) electrons. The standard InChI is InChI=1S/C23H21IN2O7S/c1-4-33-21-16(6-5-11-25-21)23(28)17-12-14(24)7-9-18(17)26(22(23)27)34(29,30)20-10-8-15(31-2)13-19(20)32-3/h5-13,28H,4H2,1-3H3. The second kappa shape index (κ2) is 9.04. The van der Waals surface area contributed by atoms with Crippen molar-refractivity contribution in [3.8, 4) is 17.4 Å². The molecule has 178 valence electrons. The molecule has 4 rings (SSSR count). The van der Waals surface area contributed by atoms with E-state index in [1.54, 1.807) is 25.1 Å². The molecule has 0 fully saturated rings. The Kier molecular flexibility index (Phi) is 6.44. The number of aromatic nitrogens is 1. The van der Waals surface area contributed by atoms with Gasteiger partial charge in [0.15, 0.2) is 0 Å². The van der Waals surface area contributed by atoms with Gasteiger partial charge < -0.3 is 19.3 Å². The summed E-state index contributed by atoms with van der Waals surface area (Å²) in [6.07, 6.45) is 1.46. The van der Waals surface area contributed by atoms with Gasteiger partial charge in [-0.05, 0) is 72.0 Å². The van der Waals surface area contributed by atoms with E-state index in [-0.39, 0.29) is 39.9 Å². The van der Waals surface area contributed by atoms with Crippen molar-refractivity contribution in [2.75, 3.05) is 25.1 Å². The Balaban J connectivity index is 1.97. The fourth-order valence-corrected chi connectivity index (χ4v) is 5.94. The molecule has 1 unspecified atom stereocenters. The number of fused-ring (bicyclic) bond motifs is 1. The molecule has 0 aliphatic carbocycles. The topological polar surface area (TPSA) is 115 Å². The number of carbonyl (C=O) groups excluding carboxylic acids is 1. The summed E-state index contributed by atoms with van der Waals surface area (Å²) >= 11 is 2.03. The highest BCUT2D eigenvalue weighted by atomic mass is 127. The van der Waals surface area contributed by atoms with Gasteiger partial charge in [-0.1, -0.05) is 0 Å². The number of benzene rings is 2. The molecule has 0 spiro atoms. The van der Waals surface area contributed by atoms with E-state index >= 15 is 0 Å². The van der Waals surface area contributed by atoms with E-state index in [4.69, 9.17) is 14.2 Å². The minimum atomic E-state index is -4.51. The molecule has 1 atom stereocenters. The largest absolute Gasteiger partial charge is 0.497 e. The van der Waals surface area contributed by atoms with Gasteiger partial charge in [0.2, 0.25) is 11.5 Å². The number of ether oxygens (including phenoxy) is 3. The summed E-state index contributed by atoms with van der Waals surface area (Å²) in [5, 5.41) is 11.9. The molecular formula is C23H21IN2O7S. The molecule has 11 heteroatoms. The van der Waals surface area contributed by atoms with Crippen LogP contribution < -0.4 is 18.5 Å². The van der Waals surface area contributed by atoms with Gasteiger partial charge in [0.25, 0.3) is 15.9 Å². The lowest BCUT2D eigenvalue weighted by Crippen LogP contribution is -2.44. The quantitative estimate of drug-likeness (QED) is 0.414. The Bertz CT molecular complexity index is 1380. The van der Waals surface area contributed by atoms with Crippen LogP contribution in [0.1, 0.15) is 18.1 Å². The lowest BCUT2D eigenvalue weighted by molar-refractivity contribution is -0.131. The fraction of sp³-hybridized carbons (Fsp3) is 0.217. The number of aliphatic hydroxyl groups is 1. The third-order valence-corrected chi connectivity index (χ3v) is 7.80. The number of amides is 1. The summed E-state index contributed by atoms with van der Waals surface area (Å²) in [5.74, 6) is -0.666. The van der Waals surface area contributed by atoms with Crippen LogP contribution >= 0.6 is 22.6 Å². The van der Waals surface area contributed by atoms with Crippen LogP contribution in [0.4, 0.5) is 5.69 Å². The van der Waals surface area contributed by atoms with Gasteiger partial charge in [-0.15, -0.1) is 0 Å². The normalized spacial score (nSPS) is 17.4. The second-order valence-electron chi connectivity index (χ2n) is 7.25. The summed E-state index contributed by atoms with van der Waals surface area (Å²) < 4.78 is 44.9. The van der Waals surface area contributed by atoms with E-state index < -0.39 is 21.5 Å². The number of sulfonamides is 1. The van der Waals surface area contributed by atoms with Crippen molar-refractivity contribution >= 4 is 44.2 Å². The van der Waals surface area contributed by atoms with Crippen molar-refractivity contribution in [1.82, 2.24) is 4.98 Å². The molecule has 3 aromatic rings. The first-order chi connectivity index (χ1) is 16.2. The molecule has 1 aliphatic rings. The minimum Gasteiger partial charge on any atom is -0.497 e. The Labute approximate surface area is 210 Å². The predicted octanol–water partition coefficient (Wildman–Crippen LogP) is 3.07. The highest BCUT2D eigenvalue weighted by Gasteiger charge is 2.57. The first kappa shape index (κ1) is 24.2. The number of methoxy groups -OCH3 is 2. The molecule has 0 saturated carbocycles. The van der Waals surface area contributed by atoms with Crippen LogP contribution in [-0.2, 0) is 20.4 Å². The summed E-state index contributed by atoms with van der Waals surface area (Å²) in [4.78, 5) is 17.7.